The van der Waals surface area contributed by atoms with Crippen molar-refractivity contribution in [1.82, 2.24) is 15.5 Å². The van der Waals surface area contributed by atoms with E-state index in [0.717, 1.165) is 12.3 Å². The van der Waals surface area contributed by atoms with Gasteiger partial charge in [-0.15, -0.1) is 0 Å². The van der Waals surface area contributed by atoms with Crippen molar-refractivity contribution in [1.29, 1.82) is 5.41 Å². The van der Waals surface area contributed by atoms with Crippen molar-refractivity contribution in [3.63, 3.8) is 0 Å². The minimum Gasteiger partial charge on any atom is -0.404 e. The molecule has 1 aromatic carbocycles. The summed E-state index contributed by atoms with van der Waals surface area (Å²) in [5.41, 5.74) is 5.22. The van der Waals surface area contributed by atoms with Gasteiger partial charge in [0.05, 0.1) is 19.3 Å². The second-order valence-electron chi connectivity index (χ2n) is 6.56. The topological polar surface area (TPSA) is 155 Å². The largest absolute Gasteiger partial charge is 0.471 e. The van der Waals surface area contributed by atoms with Crippen molar-refractivity contribution in [2.24, 2.45) is 5.73 Å². The Balaban J connectivity index is 1.97. The van der Waals surface area contributed by atoms with Crippen LogP contribution in [0.4, 0.5) is 13.2 Å². The summed E-state index contributed by atoms with van der Waals surface area (Å²) in [6, 6.07) is 4.32. The molecule has 5 N–H and O–H groups in total. The van der Waals surface area contributed by atoms with Crippen LogP contribution in [0.1, 0.15) is 15.9 Å². The lowest BCUT2D eigenvalue weighted by molar-refractivity contribution is -0.171. The summed E-state index contributed by atoms with van der Waals surface area (Å²) >= 11 is 0. The van der Waals surface area contributed by atoms with Crippen molar-refractivity contribution in [3.05, 3.63) is 47.7 Å². The molecule has 172 valence electrons. The van der Waals surface area contributed by atoms with Gasteiger partial charge in [-0.05, 0) is 18.3 Å². The number of benzene rings is 1. The monoisotopic (exact) mass is 455 g/mol. The molecular weight excluding hydrogens is 435 g/mol. The average Bonchev–Trinajstić information content (AvgIpc) is 2.76. The highest BCUT2D eigenvalue weighted by atomic mass is 19.4. The van der Waals surface area contributed by atoms with Gasteiger partial charge < -0.3 is 26.0 Å². The van der Waals surface area contributed by atoms with Crippen LogP contribution in [0.5, 0.6) is 0 Å². The summed E-state index contributed by atoms with van der Waals surface area (Å²) in [6.45, 7) is 0.460. The van der Waals surface area contributed by atoms with Crippen LogP contribution < -0.4 is 16.4 Å². The van der Waals surface area contributed by atoms with E-state index >= 15 is 0 Å². The molecule has 0 aromatic heterocycles. The third-order valence-corrected chi connectivity index (χ3v) is 4.38. The summed E-state index contributed by atoms with van der Waals surface area (Å²) in [5.74, 6) is -5.20. The number of alkyl halides is 3. The Bertz CT molecular complexity index is 930. The van der Waals surface area contributed by atoms with Gasteiger partial charge in [0.15, 0.2) is 0 Å². The van der Waals surface area contributed by atoms with E-state index in [9.17, 15) is 32.3 Å². The van der Waals surface area contributed by atoms with E-state index in [0.29, 0.717) is 0 Å². The number of nitrogens with zero attached hydrogens (tertiary/aromatic N) is 1. The summed E-state index contributed by atoms with van der Waals surface area (Å²) in [5, 5.41) is 11.5. The third-order valence-electron chi connectivity index (χ3n) is 4.38. The lowest BCUT2D eigenvalue weighted by Gasteiger charge is -2.35. The molecule has 1 saturated heterocycles. The van der Waals surface area contributed by atoms with Crippen LogP contribution >= 0.6 is 0 Å². The first kappa shape index (κ1) is 24.5. The first-order valence-corrected chi connectivity index (χ1v) is 9.21. The number of halogens is 3. The summed E-state index contributed by atoms with van der Waals surface area (Å²) in [6.07, 6.45) is -3.24. The molecule has 1 aromatic rings. The summed E-state index contributed by atoms with van der Waals surface area (Å²) in [4.78, 5) is 48.5. The second-order valence-corrected chi connectivity index (χ2v) is 6.56. The van der Waals surface area contributed by atoms with E-state index in [1.807, 2.05) is 0 Å². The third kappa shape index (κ3) is 6.38. The molecule has 32 heavy (non-hydrogen) atoms. The lowest BCUT2D eigenvalue weighted by atomic mass is 10.1. The van der Waals surface area contributed by atoms with Crippen LogP contribution in [0.2, 0.25) is 0 Å². The van der Waals surface area contributed by atoms with Crippen LogP contribution in [0, 0.1) is 5.41 Å². The minimum absolute atomic E-state index is 0.0244. The van der Waals surface area contributed by atoms with Gasteiger partial charge in [0.25, 0.3) is 11.8 Å². The van der Waals surface area contributed by atoms with Gasteiger partial charge in [-0.2, -0.15) is 13.2 Å². The van der Waals surface area contributed by atoms with Crippen molar-refractivity contribution in [2.45, 2.75) is 12.2 Å². The number of morpholine rings is 1. The fraction of sp³-hybridized carbons (Fsp3) is 0.316. The number of hydrogen-bond acceptors (Lipinski definition) is 7. The molecule has 1 unspecified atom stereocenters. The number of ether oxygens (including phenoxy) is 1. The number of amides is 3. The Kier molecular flexibility index (Phi) is 8.07. The molecule has 1 atom stereocenters. The smallest absolute Gasteiger partial charge is 0.404 e. The Morgan fingerprint density at radius 1 is 1.19 bits per heavy atom. The van der Waals surface area contributed by atoms with Crippen molar-refractivity contribution in [3.8, 4) is 0 Å². The van der Waals surface area contributed by atoms with Gasteiger partial charge in [-0.25, -0.2) is 0 Å². The molecule has 0 spiro atoms. The lowest BCUT2D eigenvalue weighted by Crippen LogP contribution is -2.55. The molecule has 1 fully saturated rings. The number of nitrogens with two attached hydrogens (primary N) is 1. The van der Waals surface area contributed by atoms with E-state index in [-0.39, 0.29) is 37.4 Å². The van der Waals surface area contributed by atoms with Gasteiger partial charge in [0.1, 0.15) is 5.84 Å². The Labute approximate surface area is 180 Å². The van der Waals surface area contributed by atoms with Gasteiger partial charge in [0, 0.05) is 30.3 Å². The fourth-order valence-electron chi connectivity index (χ4n) is 2.75. The second kappa shape index (κ2) is 10.5. The van der Waals surface area contributed by atoms with Crippen LogP contribution in [-0.2, 0) is 19.1 Å². The first-order chi connectivity index (χ1) is 15.0. The molecule has 0 aliphatic carbocycles. The maximum Gasteiger partial charge on any atom is 0.471 e. The van der Waals surface area contributed by atoms with Crippen LogP contribution in [-0.4, -0.2) is 72.8 Å². The van der Waals surface area contributed by atoms with Gasteiger partial charge in [0.2, 0.25) is 5.78 Å². The standard InChI is InChI=1S/C19H20F3N5O5/c20-19(21,22)18(31)26-15(24)11-1-3-12(4-2-11)16(29)25-9-13-10-32-8-7-27(13)17(30)14(28)5-6-23/h1-6,13H,7-10,23H2,(H,25,29)(H2,24,26,31). The van der Waals surface area contributed by atoms with E-state index in [1.165, 1.54) is 34.5 Å². The molecule has 0 saturated carbocycles. The number of carbonyl (C=O) groups is 4. The predicted molar refractivity (Wildman–Crippen MR) is 104 cm³/mol. The van der Waals surface area contributed by atoms with Gasteiger partial charge in [-0.3, -0.25) is 24.6 Å². The van der Waals surface area contributed by atoms with Gasteiger partial charge in [-0.1, -0.05) is 12.1 Å². The van der Waals surface area contributed by atoms with Crippen molar-refractivity contribution in [2.75, 3.05) is 26.3 Å². The number of rotatable bonds is 6. The molecule has 0 radical (unpaired) electrons. The molecule has 0 bridgehead atoms. The zero-order valence-electron chi connectivity index (χ0n) is 16.6. The van der Waals surface area contributed by atoms with E-state index in [1.54, 1.807) is 0 Å². The van der Waals surface area contributed by atoms with Crippen LogP contribution in [0.25, 0.3) is 0 Å². The Morgan fingerprint density at radius 3 is 2.41 bits per heavy atom. The Morgan fingerprint density at radius 2 is 1.81 bits per heavy atom. The SMILES string of the molecule is N=C(NC(=O)C(F)(F)F)c1ccc(C(=O)NCC2COCCN2C(=O)C(=O)C=CN)cc1. The highest BCUT2D eigenvalue weighted by Gasteiger charge is 2.39. The molecule has 1 heterocycles. The zero-order valence-corrected chi connectivity index (χ0v) is 16.6. The molecule has 2 rings (SSSR count). The summed E-state index contributed by atoms with van der Waals surface area (Å²) < 4.78 is 42.1. The number of carbonyl (C=O) groups excluding carboxylic acids is 4. The molecule has 3 amide bonds. The molecular formula is C19H20F3N5O5. The van der Waals surface area contributed by atoms with Crippen LogP contribution in [0.15, 0.2) is 36.5 Å². The van der Waals surface area contributed by atoms with E-state index < -0.39 is 41.6 Å². The van der Waals surface area contributed by atoms with E-state index in [2.05, 4.69) is 5.32 Å². The molecule has 13 heteroatoms. The normalized spacial score (nSPS) is 16.5. The minimum atomic E-state index is -5.13. The highest BCUT2D eigenvalue weighted by molar-refractivity contribution is 6.40. The van der Waals surface area contributed by atoms with Gasteiger partial charge >= 0.3 is 12.1 Å². The quantitative estimate of drug-likeness (QED) is 0.200. The Hall–Kier alpha value is -3.74. The molecule has 10 nitrogen and oxygen atoms in total. The molecule has 1 aliphatic heterocycles. The maximum absolute atomic E-state index is 12.4. The van der Waals surface area contributed by atoms with Crippen molar-refractivity contribution < 1.29 is 37.1 Å². The average molecular weight is 455 g/mol. The highest BCUT2D eigenvalue weighted by Crippen LogP contribution is 2.15. The maximum atomic E-state index is 12.4. The van der Waals surface area contributed by atoms with Crippen LogP contribution in [0.3, 0.4) is 0 Å². The first-order valence-electron chi connectivity index (χ1n) is 9.21. The molecule has 1 aliphatic rings. The number of ketones is 1. The number of amidine groups is 1. The number of hydrogen-bond donors (Lipinski definition) is 4. The zero-order chi connectivity index (χ0) is 23.9. The van der Waals surface area contributed by atoms with Crippen molar-refractivity contribution >= 4 is 29.3 Å². The predicted octanol–water partition coefficient (Wildman–Crippen LogP) is -0.311. The fourth-order valence-corrected chi connectivity index (χ4v) is 2.75. The number of nitrogens with one attached hydrogen (secondary N) is 3. The van der Waals surface area contributed by atoms with E-state index in [4.69, 9.17) is 15.9 Å². The summed E-state index contributed by atoms with van der Waals surface area (Å²) in [7, 11) is 0.